The monoisotopic (exact) mass is 421 g/mol. The molecule has 1 aromatic rings. The molecule has 0 aliphatic carbocycles. The second-order valence-electron chi connectivity index (χ2n) is 6.68. The molecule has 4 unspecified atom stereocenters. The van der Waals surface area contributed by atoms with Crippen molar-refractivity contribution in [3.8, 4) is 0 Å². The predicted molar refractivity (Wildman–Crippen MR) is 107 cm³/mol. The first-order valence-electron chi connectivity index (χ1n) is 9.41. The van der Waals surface area contributed by atoms with Gasteiger partial charge in [0.15, 0.2) is 6.10 Å². The average Bonchev–Trinajstić information content (AvgIpc) is 2.76. The van der Waals surface area contributed by atoms with Gasteiger partial charge in [-0.05, 0) is 11.6 Å². The molecule has 0 saturated heterocycles. The molecule has 0 bridgehead atoms. The lowest BCUT2D eigenvalue weighted by molar-refractivity contribution is -0.153. The average molecular weight is 421 g/mol. The molecule has 30 heavy (non-hydrogen) atoms. The van der Waals surface area contributed by atoms with Gasteiger partial charge in [0, 0.05) is 6.92 Å². The Bertz CT molecular complexity index is 764. The van der Waals surface area contributed by atoms with E-state index in [9.17, 15) is 24.9 Å². The molecule has 1 heterocycles. The number of carbonyl (C=O) groups excluding carboxylic acids is 2. The van der Waals surface area contributed by atoms with E-state index in [-0.39, 0.29) is 12.4 Å². The Morgan fingerprint density at radius 2 is 1.97 bits per heavy atom. The summed E-state index contributed by atoms with van der Waals surface area (Å²) in [4.78, 5) is 23.7. The van der Waals surface area contributed by atoms with E-state index in [0.29, 0.717) is 0 Å². The van der Waals surface area contributed by atoms with E-state index in [0.717, 1.165) is 5.56 Å². The summed E-state index contributed by atoms with van der Waals surface area (Å²) < 4.78 is 16.0. The standard InChI is InChI=1S/C21H27NO8/c1-13(24)22-18-16(29-10-6-9-14-7-4-3-5-8-14)11-17(21(27)28-2)30-20(18)19(26)15(25)12-23/h3-9,11,15-16,18-20,23,25-26H,10,12H2,1-2H3,(H,22,24)/b9-6+/t15?,16?,18?,19?,20-/m1/s1. The summed E-state index contributed by atoms with van der Waals surface area (Å²) in [6, 6.07) is 8.61. The molecule has 164 valence electrons. The number of aliphatic hydroxyl groups is 3. The van der Waals surface area contributed by atoms with Crippen molar-refractivity contribution in [2.45, 2.75) is 37.4 Å². The quantitative estimate of drug-likeness (QED) is 0.402. The van der Waals surface area contributed by atoms with Crippen molar-refractivity contribution in [3.63, 3.8) is 0 Å². The molecular formula is C21H27NO8. The molecule has 2 rings (SSSR count). The maximum absolute atomic E-state index is 12.0. The van der Waals surface area contributed by atoms with Crippen LogP contribution >= 0.6 is 0 Å². The molecule has 1 aromatic carbocycles. The zero-order chi connectivity index (χ0) is 22.1. The van der Waals surface area contributed by atoms with Gasteiger partial charge in [-0.15, -0.1) is 0 Å². The highest BCUT2D eigenvalue weighted by atomic mass is 16.6. The highest BCUT2D eigenvalue weighted by molar-refractivity contribution is 5.86. The molecular weight excluding hydrogens is 394 g/mol. The van der Waals surface area contributed by atoms with Crippen LogP contribution in [0.2, 0.25) is 0 Å². The molecule has 1 aliphatic rings. The predicted octanol–water partition coefficient (Wildman–Crippen LogP) is -0.241. The number of amides is 1. The van der Waals surface area contributed by atoms with Gasteiger partial charge < -0.3 is 34.8 Å². The summed E-state index contributed by atoms with van der Waals surface area (Å²) in [6.07, 6.45) is -0.347. The molecule has 1 amide bonds. The summed E-state index contributed by atoms with van der Waals surface area (Å²) >= 11 is 0. The lowest BCUT2D eigenvalue weighted by atomic mass is 9.93. The van der Waals surface area contributed by atoms with Gasteiger partial charge in [0.05, 0.1) is 26.4 Å². The Morgan fingerprint density at radius 1 is 1.27 bits per heavy atom. The number of methoxy groups -OCH3 is 1. The van der Waals surface area contributed by atoms with Crippen LogP contribution < -0.4 is 5.32 Å². The van der Waals surface area contributed by atoms with Crippen molar-refractivity contribution in [1.29, 1.82) is 0 Å². The van der Waals surface area contributed by atoms with Crippen molar-refractivity contribution >= 4 is 18.0 Å². The minimum absolute atomic E-state index is 0.131. The zero-order valence-corrected chi connectivity index (χ0v) is 16.8. The molecule has 9 nitrogen and oxygen atoms in total. The fourth-order valence-electron chi connectivity index (χ4n) is 2.99. The maximum Gasteiger partial charge on any atom is 0.373 e. The lowest BCUT2D eigenvalue weighted by Gasteiger charge is -2.39. The molecule has 5 atom stereocenters. The molecule has 0 spiro atoms. The number of rotatable bonds is 9. The zero-order valence-electron chi connectivity index (χ0n) is 16.8. The fraction of sp³-hybridized carbons (Fsp3) is 0.429. The first kappa shape index (κ1) is 23.6. The van der Waals surface area contributed by atoms with Crippen molar-refractivity contribution in [2.24, 2.45) is 0 Å². The SMILES string of the molecule is COC(=O)C1=CC(OC/C=C/c2ccccc2)C(NC(C)=O)[C@H](C(O)C(O)CO)O1. The van der Waals surface area contributed by atoms with E-state index in [4.69, 9.17) is 9.47 Å². The van der Waals surface area contributed by atoms with Crippen LogP contribution in [0.4, 0.5) is 0 Å². The highest BCUT2D eigenvalue weighted by Crippen LogP contribution is 2.25. The first-order valence-corrected chi connectivity index (χ1v) is 9.41. The molecule has 0 saturated carbocycles. The molecule has 9 heteroatoms. The summed E-state index contributed by atoms with van der Waals surface area (Å²) in [5, 5.41) is 32.0. The Labute approximate surface area is 174 Å². The molecule has 1 aliphatic heterocycles. The van der Waals surface area contributed by atoms with Crippen LogP contribution in [0, 0.1) is 0 Å². The Kier molecular flexibility index (Phi) is 9.00. The Morgan fingerprint density at radius 3 is 2.57 bits per heavy atom. The van der Waals surface area contributed by atoms with E-state index < -0.39 is 48.9 Å². The van der Waals surface area contributed by atoms with Gasteiger partial charge in [0.1, 0.15) is 18.3 Å². The fourth-order valence-corrected chi connectivity index (χ4v) is 2.99. The number of aliphatic hydroxyl groups excluding tert-OH is 3. The van der Waals surface area contributed by atoms with Gasteiger partial charge in [-0.25, -0.2) is 4.79 Å². The van der Waals surface area contributed by atoms with E-state index in [2.05, 4.69) is 10.1 Å². The van der Waals surface area contributed by atoms with Gasteiger partial charge in [-0.2, -0.15) is 0 Å². The number of nitrogens with one attached hydrogen (secondary N) is 1. The van der Waals surface area contributed by atoms with E-state index in [1.165, 1.54) is 20.1 Å². The number of hydrogen-bond acceptors (Lipinski definition) is 8. The maximum atomic E-state index is 12.0. The number of hydrogen-bond donors (Lipinski definition) is 4. The summed E-state index contributed by atoms with van der Waals surface area (Å²) in [6.45, 7) is 0.667. The van der Waals surface area contributed by atoms with Gasteiger partial charge in [0.2, 0.25) is 11.7 Å². The lowest BCUT2D eigenvalue weighted by Crippen LogP contribution is -2.60. The van der Waals surface area contributed by atoms with Crippen molar-refractivity contribution in [1.82, 2.24) is 5.32 Å². The molecule has 4 N–H and O–H groups in total. The topological polar surface area (TPSA) is 135 Å². The first-order chi connectivity index (χ1) is 14.4. The van der Waals surface area contributed by atoms with Crippen LogP contribution in [0.1, 0.15) is 12.5 Å². The van der Waals surface area contributed by atoms with E-state index >= 15 is 0 Å². The minimum atomic E-state index is -1.61. The Balaban J connectivity index is 2.24. The molecule has 0 fully saturated rings. The smallest absolute Gasteiger partial charge is 0.373 e. The van der Waals surface area contributed by atoms with Gasteiger partial charge >= 0.3 is 5.97 Å². The summed E-state index contributed by atoms with van der Waals surface area (Å²) in [5.41, 5.74) is 0.969. The summed E-state index contributed by atoms with van der Waals surface area (Å²) in [7, 11) is 1.17. The van der Waals surface area contributed by atoms with Crippen LogP contribution in [0.25, 0.3) is 6.08 Å². The second-order valence-corrected chi connectivity index (χ2v) is 6.68. The van der Waals surface area contributed by atoms with E-state index in [1.807, 2.05) is 36.4 Å². The van der Waals surface area contributed by atoms with Crippen molar-refractivity contribution in [2.75, 3.05) is 20.3 Å². The van der Waals surface area contributed by atoms with Crippen molar-refractivity contribution in [3.05, 3.63) is 53.8 Å². The normalized spacial score (nSPS) is 23.2. The van der Waals surface area contributed by atoms with Crippen LogP contribution in [0.5, 0.6) is 0 Å². The third-order valence-electron chi connectivity index (χ3n) is 4.46. The Hall–Kier alpha value is -2.72. The van der Waals surface area contributed by atoms with Gasteiger partial charge in [0.25, 0.3) is 0 Å². The molecule has 0 radical (unpaired) electrons. The van der Waals surface area contributed by atoms with Crippen LogP contribution in [0.3, 0.4) is 0 Å². The number of esters is 1. The van der Waals surface area contributed by atoms with Crippen LogP contribution in [-0.4, -0.2) is 78.0 Å². The van der Waals surface area contributed by atoms with Gasteiger partial charge in [-0.3, -0.25) is 4.79 Å². The summed E-state index contributed by atoms with van der Waals surface area (Å²) in [5.74, 6) is -1.46. The van der Waals surface area contributed by atoms with Crippen LogP contribution in [-0.2, 0) is 23.8 Å². The van der Waals surface area contributed by atoms with Crippen LogP contribution in [0.15, 0.2) is 48.2 Å². The largest absolute Gasteiger partial charge is 0.478 e. The highest BCUT2D eigenvalue weighted by Gasteiger charge is 2.44. The number of benzene rings is 1. The number of carbonyl (C=O) groups is 2. The second kappa shape index (κ2) is 11.5. The molecule has 0 aromatic heterocycles. The van der Waals surface area contributed by atoms with Gasteiger partial charge in [-0.1, -0.05) is 42.5 Å². The van der Waals surface area contributed by atoms with E-state index in [1.54, 1.807) is 6.08 Å². The van der Waals surface area contributed by atoms with Crippen molar-refractivity contribution < 1.29 is 39.1 Å². The third kappa shape index (κ3) is 6.39. The minimum Gasteiger partial charge on any atom is -0.478 e. The third-order valence-corrected chi connectivity index (χ3v) is 4.46. The number of ether oxygens (including phenoxy) is 3.